The van der Waals surface area contributed by atoms with E-state index in [9.17, 15) is 8.42 Å². The molecule has 126 valence electrons. The van der Waals surface area contributed by atoms with E-state index in [0.717, 1.165) is 13.0 Å². The molecule has 2 aromatic heterocycles. The number of nitrogens with one attached hydrogen (secondary N) is 1. The average Bonchev–Trinajstić information content (AvgIpc) is 3.21. The van der Waals surface area contributed by atoms with Crippen molar-refractivity contribution in [2.75, 3.05) is 0 Å². The first-order valence-electron chi connectivity index (χ1n) is 7.57. The fourth-order valence-corrected chi connectivity index (χ4v) is 3.35. The highest BCUT2D eigenvalue weighted by Crippen LogP contribution is 2.08. The van der Waals surface area contributed by atoms with Crippen molar-refractivity contribution in [3.8, 4) is 0 Å². The Balaban J connectivity index is 1.63. The fourth-order valence-electron chi connectivity index (χ4n) is 2.39. The van der Waals surface area contributed by atoms with Gasteiger partial charge < -0.3 is 4.57 Å². The first-order chi connectivity index (χ1) is 11.5. The van der Waals surface area contributed by atoms with E-state index in [4.69, 9.17) is 0 Å². The van der Waals surface area contributed by atoms with E-state index in [0.29, 0.717) is 5.82 Å². The lowest BCUT2D eigenvalue weighted by Crippen LogP contribution is -2.25. The molecule has 2 heterocycles. The van der Waals surface area contributed by atoms with E-state index in [1.165, 1.54) is 22.6 Å². The maximum Gasteiger partial charge on any atom is 0.244 e. The Labute approximate surface area is 141 Å². The Morgan fingerprint density at radius 3 is 2.71 bits per heavy atom. The molecule has 3 aromatic rings. The molecule has 0 unspecified atom stereocenters. The van der Waals surface area contributed by atoms with Gasteiger partial charge in [-0.25, -0.2) is 18.1 Å². The molecule has 0 aliphatic rings. The third-order valence-corrected chi connectivity index (χ3v) is 5.05. The van der Waals surface area contributed by atoms with Gasteiger partial charge in [0.2, 0.25) is 10.0 Å². The van der Waals surface area contributed by atoms with Crippen LogP contribution in [0, 0.1) is 0 Å². The minimum absolute atomic E-state index is 0.138. The SMILES string of the molecule is Cn1cc(S(=O)(=O)NCc2nccn2CCc2ccccc2)cn1. The zero-order chi connectivity index (χ0) is 17.0. The van der Waals surface area contributed by atoms with Gasteiger partial charge in [0.15, 0.2) is 0 Å². The maximum atomic E-state index is 12.2. The van der Waals surface area contributed by atoms with Crippen molar-refractivity contribution in [3.63, 3.8) is 0 Å². The highest BCUT2D eigenvalue weighted by atomic mass is 32.2. The highest BCUT2D eigenvalue weighted by Gasteiger charge is 2.16. The van der Waals surface area contributed by atoms with E-state index in [2.05, 4.69) is 26.9 Å². The maximum absolute atomic E-state index is 12.2. The van der Waals surface area contributed by atoms with Crippen LogP contribution in [0.5, 0.6) is 0 Å². The molecular weight excluding hydrogens is 326 g/mol. The lowest BCUT2D eigenvalue weighted by molar-refractivity contribution is 0.572. The van der Waals surface area contributed by atoms with Crippen molar-refractivity contribution in [2.45, 2.75) is 24.4 Å². The van der Waals surface area contributed by atoms with Crippen LogP contribution in [0.4, 0.5) is 0 Å². The van der Waals surface area contributed by atoms with Gasteiger partial charge in [-0.05, 0) is 12.0 Å². The number of imidazole rings is 1. The molecule has 0 fully saturated rings. The smallest absolute Gasteiger partial charge is 0.244 e. The number of nitrogens with zero attached hydrogens (tertiary/aromatic N) is 4. The summed E-state index contributed by atoms with van der Waals surface area (Å²) in [6.07, 6.45) is 7.18. The number of rotatable bonds is 7. The quantitative estimate of drug-likeness (QED) is 0.700. The van der Waals surface area contributed by atoms with Crippen LogP contribution >= 0.6 is 0 Å². The lowest BCUT2D eigenvalue weighted by atomic mass is 10.1. The van der Waals surface area contributed by atoms with E-state index in [1.54, 1.807) is 13.2 Å². The first kappa shape index (κ1) is 16.4. The predicted octanol–water partition coefficient (Wildman–Crippen LogP) is 1.34. The molecule has 3 rings (SSSR count). The first-order valence-corrected chi connectivity index (χ1v) is 9.05. The molecule has 0 spiro atoms. The van der Waals surface area contributed by atoms with Gasteiger partial charge in [-0.2, -0.15) is 5.10 Å². The normalized spacial score (nSPS) is 11.7. The van der Waals surface area contributed by atoms with Crippen LogP contribution in [-0.4, -0.2) is 27.7 Å². The van der Waals surface area contributed by atoms with Crippen molar-refractivity contribution < 1.29 is 8.42 Å². The van der Waals surface area contributed by atoms with Crippen molar-refractivity contribution in [1.82, 2.24) is 24.1 Å². The topological polar surface area (TPSA) is 81.8 Å². The second kappa shape index (κ2) is 6.98. The standard InChI is InChI=1S/C16H19N5O2S/c1-20-13-15(11-18-20)24(22,23)19-12-16-17-8-10-21(16)9-7-14-5-3-2-4-6-14/h2-6,8,10-11,13,19H,7,9,12H2,1H3. The number of hydrogen-bond donors (Lipinski definition) is 1. The highest BCUT2D eigenvalue weighted by molar-refractivity contribution is 7.89. The number of hydrogen-bond acceptors (Lipinski definition) is 4. The molecule has 7 nitrogen and oxygen atoms in total. The van der Waals surface area contributed by atoms with Gasteiger partial charge in [-0.1, -0.05) is 30.3 Å². The van der Waals surface area contributed by atoms with Gasteiger partial charge in [0.05, 0.1) is 12.7 Å². The summed E-state index contributed by atoms with van der Waals surface area (Å²) in [5.41, 5.74) is 1.23. The zero-order valence-electron chi connectivity index (χ0n) is 13.3. The Morgan fingerprint density at radius 2 is 2.00 bits per heavy atom. The Morgan fingerprint density at radius 1 is 1.21 bits per heavy atom. The number of sulfonamides is 1. The Hall–Kier alpha value is -2.45. The van der Waals surface area contributed by atoms with Gasteiger partial charge >= 0.3 is 0 Å². The molecule has 1 aromatic carbocycles. The molecule has 0 saturated heterocycles. The van der Waals surface area contributed by atoms with Gasteiger partial charge in [-0.3, -0.25) is 4.68 Å². The second-order valence-corrected chi connectivity index (χ2v) is 7.21. The predicted molar refractivity (Wildman–Crippen MR) is 89.6 cm³/mol. The summed E-state index contributed by atoms with van der Waals surface area (Å²) in [4.78, 5) is 4.39. The summed E-state index contributed by atoms with van der Waals surface area (Å²) in [7, 11) is -1.91. The Bertz CT molecular complexity index is 899. The molecule has 0 saturated carbocycles. The number of benzene rings is 1. The summed E-state index contributed by atoms with van der Waals surface area (Å²) in [6.45, 7) is 0.882. The molecule has 0 aliphatic heterocycles. The van der Waals surface area contributed by atoms with Crippen LogP contribution in [-0.2, 0) is 36.6 Å². The van der Waals surface area contributed by atoms with Gasteiger partial charge in [0, 0.05) is 32.2 Å². The summed E-state index contributed by atoms with van der Waals surface area (Å²) < 4.78 is 30.4. The van der Waals surface area contributed by atoms with Gasteiger partial charge in [-0.15, -0.1) is 0 Å². The Kier molecular flexibility index (Phi) is 4.77. The summed E-state index contributed by atoms with van der Waals surface area (Å²) in [6, 6.07) is 10.1. The van der Waals surface area contributed by atoms with Crippen LogP contribution in [0.2, 0.25) is 0 Å². The monoisotopic (exact) mass is 345 g/mol. The molecule has 0 aliphatic carbocycles. The third kappa shape index (κ3) is 3.90. The fraction of sp³-hybridized carbons (Fsp3) is 0.250. The minimum Gasteiger partial charge on any atom is -0.334 e. The van der Waals surface area contributed by atoms with E-state index >= 15 is 0 Å². The number of aromatic nitrogens is 4. The van der Waals surface area contributed by atoms with E-state index < -0.39 is 10.0 Å². The third-order valence-electron chi connectivity index (χ3n) is 3.70. The van der Waals surface area contributed by atoms with Crippen molar-refractivity contribution in [1.29, 1.82) is 0 Å². The van der Waals surface area contributed by atoms with Crippen LogP contribution in [0.1, 0.15) is 11.4 Å². The van der Waals surface area contributed by atoms with Crippen LogP contribution in [0.25, 0.3) is 0 Å². The summed E-state index contributed by atoms with van der Waals surface area (Å²) in [5.74, 6) is 0.679. The second-order valence-electron chi connectivity index (χ2n) is 5.45. The van der Waals surface area contributed by atoms with Crippen LogP contribution < -0.4 is 4.72 Å². The average molecular weight is 345 g/mol. The molecule has 8 heteroatoms. The summed E-state index contributed by atoms with van der Waals surface area (Å²) >= 11 is 0. The lowest BCUT2D eigenvalue weighted by Gasteiger charge is -2.09. The van der Waals surface area contributed by atoms with E-state index in [-0.39, 0.29) is 11.4 Å². The van der Waals surface area contributed by atoms with Crippen LogP contribution in [0.3, 0.4) is 0 Å². The summed E-state index contributed by atoms with van der Waals surface area (Å²) in [5, 5.41) is 3.89. The largest absolute Gasteiger partial charge is 0.334 e. The van der Waals surface area contributed by atoms with Crippen molar-refractivity contribution in [3.05, 3.63) is 66.5 Å². The zero-order valence-corrected chi connectivity index (χ0v) is 14.1. The molecule has 0 bridgehead atoms. The van der Waals surface area contributed by atoms with Crippen molar-refractivity contribution >= 4 is 10.0 Å². The van der Waals surface area contributed by atoms with Gasteiger partial charge in [0.1, 0.15) is 10.7 Å². The molecule has 0 amide bonds. The van der Waals surface area contributed by atoms with Gasteiger partial charge in [0.25, 0.3) is 0 Å². The minimum atomic E-state index is -3.59. The van der Waals surface area contributed by atoms with Crippen molar-refractivity contribution in [2.24, 2.45) is 7.05 Å². The molecular formula is C16H19N5O2S. The number of aryl methyl sites for hydroxylation is 3. The van der Waals surface area contributed by atoms with E-state index in [1.807, 2.05) is 29.0 Å². The van der Waals surface area contributed by atoms with Crippen LogP contribution in [0.15, 0.2) is 60.0 Å². The molecule has 0 atom stereocenters. The molecule has 1 N–H and O–H groups in total. The molecule has 0 radical (unpaired) electrons. The molecule has 24 heavy (non-hydrogen) atoms.